The maximum absolute atomic E-state index is 5.56. The van der Waals surface area contributed by atoms with Gasteiger partial charge in [-0.1, -0.05) is 13.8 Å². The lowest BCUT2D eigenvalue weighted by Crippen LogP contribution is -2.13. The van der Waals surface area contributed by atoms with Crippen LogP contribution in [-0.4, -0.2) is 16.1 Å². The zero-order valence-corrected chi connectivity index (χ0v) is 8.80. The number of hydrogen-bond donors (Lipinski definition) is 1. The normalized spacial score (nSPS) is 10.8. The molecule has 0 fully saturated rings. The van der Waals surface area contributed by atoms with Crippen LogP contribution in [0.1, 0.15) is 31.1 Å². The molecule has 0 bridgehead atoms. The highest BCUT2D eigenvalue weighted by Gasteiger charge is 2.10. The molecule has 0 unspecified atom stereocenters. The van der Waals surface area contributed by atoms with E-state index in [2.05, 4.69) is 23.4 Å². The van der Waals surface area contributed by atoms with Crippen molar-refractivity contribution in [2.45, 2.75) is 40.2 Å². The molecule has 0 saturated heterocycles. The van der Waals surface area contributed by atoms with Crippen LogP contribution in [0, 0.1) is 6.92 Å². The molecular formula is C10H19N3. The molecule has 3 nitrogen and oxygen atoms in total. The van der Waals surface area contributed by atoms with Gasteiger partial charge in [0.15, 0.2) is 0 Å². The lowest BCUT2D eigenvalue weighted by atomic mass is 10.2. The van der Waals surface area contributed by atoms with Crippen molar-refractivity contribution in [3.8, 4) is 0 Å². The van der Waals surface area contributed by atoms with Crippen LogP contribution in [0.5, 0.6) is 0 Å². The van der Waals surface area contributed by atoms with Crippen LogP contribution < -0.4 is 5.73 Å². The summed E-state index contributed by atoms with van der Waals surface area (Å²) in [6.07, 6.45) is 2.06. The van der Waals surface area contributed by atoms with E-state index in [0.717, 1.165) is 25.2 Å². The van der Waals surface area contributed by atoms with Gasteiger partial charge in [0.05, 0.1) is 5.69 Å². The first kappa shape index (κ1) is 10.3. The molecule has 0 spiro atoms. The molecule has 0 aliphatic carbocycles. The summed E-state index contributed by atoms with van der Waals surface area (Å²) >= 11 is 0. The number of hydrogen-bond acceptors (Lipinski definition) is 2. The molecule has 0 aromatic carbocycles. The second-order valence-corrected chi connectivity index (χ2v) is 3.20. The number of rotatable bonds is 4. The van der Waals surface area contributed by atoms with Crippen molar-refractivity contribution in [1.29, 1.82) is 0 Å². The Hall–Kier alpha value is -0.830. The van der Waals surface area contributed by atoms with Crippen LogP contribution in [0.4, 0.5) is 0 Å². The van der Waals surface area contributed by atoms with Crippen molar-refractivity contribution >= 4 is 0 Å². The quantitative estimate of drug-likeness (QED) is 0.760. The molecule has 0 saturated carbocycles. The van der Waals surface area contributed by atoms with Gasteiger partial charge >= 0.3 is 0 Å². The highest BCUT2D eigenvalue weighted by molar-refractivity contribution is 5.17. The van der Waals surface area contributed by atoms with Crippen LogP contribution in [0.15, 0.2) is 0 Å². The van der Waals surface area contributed by atoms with Crippen molar-refractivity contribution in [1.82, 2.24) is 9.55 Å². The maximum atomic E-state index is 5.56. The van der Waals surface area contributed by atoms with E-state index in [0.29, 0.717) is 6.54 Å². The van der Waals surface area contributed by atoms with E-state index < -0.39 is 0 Å². The third-order valence-electron chi connectivity index (χ3n) is 2.37. The minimum absolute atomic E-state index is 0.688. The van der Waals surface area contributed by atoms with E-state index in [9.17, 15) is 0 Å². The van der Waals surface area contributed by atoms with Gasteiger partial charge in [-0.3, -0.25) is 0 Å². The van der Waals surface area contributed by atoms with Crippen molar-refractivity contribution in [2.24, 2.45) is 5.73 Å². The average Bonchev–Trinajstić information content (AvgIpc) is 2.44. The second kappa shape index (κ2) is 4.42. The molecule has 1 rings (SSSR count). The van der Waals surface area contributed by atoms with Gasteiger partial charge in [0.1, 0.15) is 5.82 Å². The zero-order valence-electron chi connectivity index (χ0n) is 8.80. The van der Waals surface area contributed by atoms with Crippen LogP contribution in [0.3, 0.4) is 0 Å². The van der Waals surface area contributed by atoms with E-state index in [-0.39, 0.29) is 0 Å². The summed E-state index contributed by atoms with van der Waals surface area (Å²) in [5.74, 6) is 1.10. The second-order valence-electron chi connectivity index (χ2n) is 3.20. The van der Waals surface area contributed by atoms with Crippen molar-refractivity contribution < 1.29 is 0 Å². The summed E-state index contributed by atoms with van der Waals surface area (Å²) < 4.78 is 2.23. The molecular weight excluding hydrogens is 162 g/mol. The van der Waals surface area contributed by atoms with E-state index in [1.807, 2.05) is 6.92 Å². The highest BCUT2D eigenvalue weighted by Crippen LogP contribution is 2.12. The van der Waals surface area contributed by atoms with Crippen molar-refractivity contribution in [2.75, 3.05) is 6.54 Å². The Labute approximate surface area is 80.0 Å². The molecule has 0 aliphatic rings. The molecule has 74 valence electrons. The average molecular weight is 181 g/mol. The van der Waals surface area contributed by atoms with Gasteiger partial charge in [-0.15, -0.1) is 0 Å². The Kier molecular flexibility index (Phi) is 3.48. The van der Waals surface area contributed by atoms with Gasteiger partial charge in [0.2, 0.25) is 0 Å². The largest absolute Gasteiger partial charge is 0.331 e. The number of aromatic nitrogens is 2. The Morgan fingerprint density at radius 2 is 2.00 bits per heavy atom. The molecule has 1 aromatic rings. The monoisotopic (exact) mass is 181 g/mol. The topological polar surface area (TPSA) is 43.8 Å². The number of aryl methyl sites for hydroxylation is 2. The summed E-state index contributed by atoms with van der Waals surface area (Å²) in [5.41, 5.74) is 8.14. The smallest absolute Gasteiger partial charge is 0.106 e. The Morgan fingerprint density at radius 1 is 1.31 bits per heavy atom. The third kappa shape index (κ3) is 1.91. The standard InChI is InChI=1S/C10H19N3/c1-4-9-10(5-2)13(7-6-11)8(3)12-9/h4-7,11H2,1-3H3. The summed E-state index contributed by atoms with van der Waals surface area (Å²) in [4.78, 5) is 4.53. The Morgan fingerprint density at radius 3 is 2.46 bits per heavy atom. The van der Waals surface area contributed by atoms with Crippen LogP contribution in [-0.2, 0) is 19.4 Å². The summed E-state index contributed by atoms with van der Waals surface area (Å²) in [6.45, 7) is 7.94. The van der Waals surface area contributed by atoms with E-state index >= 15 is 0 Å². The van der Waals surface area contributed by atoms with Crippen LogP contribution in [0.2, 0.25) is 0 Å². The summed E-state index contributed by atoms with van der Waals surface area (Å²) in [7, 11) is 0. The molecule has 1 aromatic heterocycles. The number of nitrogens with two attached hydrogens (primary N) is 1. The predicted molar refractivity (Wildman–Crippen MR) is 54.8 cm³/mol. The van der Waals surface area contributed by atoms with Gasteiger partial charge in [-0.25, -0.2) is 4.98 Å². The van der Waals surface area contributed by atoms with Crippen LogP contribution >= 0.6 is 0 Å². The summed E-state index contributed by atoms with van der Waals surface area (Å²) in [5, 5.41) is 0. The first-order valence-corrected chi connectivity index (χ1v) is 4.99. The molecule has 0 atom stereocenters. The summed E-state index contributed by atoms with van der Waals surface area (Å²) in [6, 6.07) is 0. The molecule has 1 heterocycles. The molecule has 13 heavy (non-hydrogen) atoms. The highest BCUT2D eigenvalue weighted by atomic mass is 15.1. The third-order valence-corrected chi connectivity index (χ3v) is 2.37. The SMILES string of the molecule is CCc1nc(C)n(CCN)c1CC. The van der Waals surface area contributed by atoms with Gasteiger partial charge in [0.25, 0.3) is 0 Å². The first-order valence-electron chi connectivity index (χ1n) is 4.99. The lowest BCUT2D eigenvalue weighted by molar-refractivity contribution is 0.653. The van der Waals surface area contributed by atoms with Gasteiger partial charge in [-0.2, -0.15) is 0 Å². The Bertz CT molecular complexity index is 276. The Balaban J connectivity index is 3.07. The zero-order chi connectivity index (χ0) is 9.84. The van der Waals surface area contributed by atoms with Crippen molar-refractivity contribution in [3.05, 3.63) is 17.2 Å². The molecule has 2 N–H and O–H groups in total. The predicted octanol–water partition coefficient (Wildman–Crippen LogP) is 1.28. The first-order chi connectivity index (χ1) is 6.24. The fraction of sp³-hybridized carbons (Fsp3) is 0.700. The number of nitrogens with zero attached hydrogens (tertiary/aromatic N) is 2. The van der Waals surface area contributed by atoms with Gasteiger partial charge in [0, 0.05) is 18.8 Å². The van der Waals surface area contributed by atoms with Gasteiger partial charge in [-0.05, 0) is 19.8 Å². The molecule has 3 heteroatoms. The minimum Gasteiger partial charge on any atom is -0.331 e. The number of imidazole rings is 1. The molecule has 0 amide bonds. The van der Waals surface area contributed by atoms with Gasteiger partial charge < -0.3 is 10.3 Å². The maximum Gasteiger partial charge on any atom is 0.106 e. The lowest BCUT2D eigenvalue weighted by Gasteiger charge is -2.07. The fourth-order valence-electron chi connectivity index (χ4n) is 1.78. The minimum atomic E-state index is 0.688. The molecule has 0 aliphatic heterocycles. The fourth-order valence-corrected chi connectivity index (χ4v) is 1.78. The van der Waals surface area contributed by atoms with E-state index in [1.165, 1.54) is 11.4 Å². The molecule has 0 radical (unpaired) electrons. The van der Waals surface area contributed by atoms with Crippen molar-refractivity contribution in [3.63, 3.8) is 0 Å². The van der Waals surface area contributed by atoms with E-state index in [4.69, 9.17) is 5.73 Å². The van der Waals surface area contributed by atoms with E-state index in [1.54, 1.807) is 0 Å². The van der Waals surface area contributed by atoms with Crippen LogP contribution in [0.25, 0.3) is 0 Å².